The standard InChI is InChI=1S/C14H16BrCl2NO4/c1-14(2,7-21-11(19)6-18)12(20)13(15)22-10-4-3-8(16)5-9(10)17/h3-5,13H,6-7,18H2,1-2H3. The first-order valence-corrected chi connectivity index (χ1v) is 8.00. The predicted octanol–water partition coefficient (Wildman–Crippen LogP) is 3.19. The predicted molar refractivity (Wildman–Crippen MR) is 88.6 cm³/mol. The fourth-order valence-electron chi connectivity index (χ4n) is 1.43. The van der Waals surface area contributed by atoms with Crippen LogP contribution in [-0.4, -0.2) is 29.9 Å². The molecule has 5 nitrogen and oxygen atoms in total. The van der Waals surface area contributed by atoms with Gasteiger partial charge >= 0.3 is 5.97 Å². The van der Waals surface area contributed by atoms with E-state index in [4.69, 9.17) is 38.4 Å². The van der Waals surface area contributed by atoms with Crippen molar-refractivity contribution in [1.82, 2.24) is 0 Å². The molecule has 0 amide bonds. The first-order chi connectivity index (χ1) is 10.2. The monoisotopic (exact) mass is 411 g/mol. The fourth-order valence-corrected chi connectivity index (χ4v) is 2.71. The highest BCUT2D eigenvalue weighted by Gasteiger charge is 2.35. The summed E-state index contributed by atoms with van der Waals surface area (Å²) in [7, 11) is 0. The summed E-state index contributed by atoms with van der Waals surface area (Å²) in [6.45, 7) is 2.95. The van der Waals surface area contributed by atoms with E-state index in [0.29, 0.717) is 10.8 Å². The van der Waals surface area contributed by atoms with Crippen LogP contribution in [0.1, 0.15) is 13.8 Å². The maximum absolute atomic E-state index is 12.4. The molecule has 0 spiro atoms. The molecule has 1 rings (SSSR count). The summed E-state index contributed by atoms with van der Waals surface area (Å²) < 4.78 is 10.4. The maximum Gasteiger partial charge on any atom is 0.319 e. The average molecular weight is 413 g/mol. The number of alkyl halides is 1. The van der Waals surface area contributed by atoms with Gasteiger partial charge in [-0.05, 0) is 48.0 Å². The lowest BCUT2D eigenvalue weighted by atomic mass is 9.89. The van der Waals surface area contributed by atoms with Crippen LogP contribution in [0, 0.1) is 5.41 Å². The number of nitrogens with two attached hydrogens (primary N) is 1. The van der Waals surface area contributed by atoms with Crippen molar-refractivity contribution < 1.29 is 19.1 Å². The van der Waals surface area contributed by atoms with E-state index in [1.165, 1.54) is 6.07 Å². The van der Waals surface area contributed by atoms with Gasteiger partial charge in [-0.1, -0.05) is 23.2 Å². The molecule has 22 heavy (non-hydrogen) atoms. The minimum Gasteiger partial charge on any atom is -0.470 e. The van der Waals surface area contributed by atoms with Crippen molar-refractivity contribution in [2.75, 3.05) is 13.2 Å². The smallest absolute Gasteiger partial charge is 0.319 e. The highest BCUT2D eigenvalue weighted by atomic mass is 79.9. The third kappa shape index (κ3) is 5.43. The number of esters is 1. The van der Waals surface area contributed by atoms with Gasteiger partial charge in [-0.2, -0.15) is 0 Å². The number of rotatable bonds is 7. The fraction of sp³-hybridized carbons (Fsp3) is 0.429. The normalized spacial score (nSPS) is 12.6. The van der Waals surface area contributed by atoms with Crippen LogP contribution in [0.25, 0.3) is 0 Å². The minimum atomic E-state index is -0.947. The minimum absolute atomic E-state index is 0.0956. The van der Waals surface area contributed by atoms with Crippen LogP contribution in [0.3, 0.4) is 0 Å². The van der Waals surface area contributed by atoms with E-state index in [0.717, 1.165) is 0 Å². The van der Waals surface area contributed by atoms with Crippen LogP contribution in [0.15, 0.2) is 18.2 Å². The van der Waals surface area contributed by atoms with Crippen LogP contribution >= 0.6 is 39.1 Å². The Morgan fingerprint density at radius 1 is 1.36 bits per heavy atom. The summed E-state index contributed by atoms with van der Waals surface area (Å²) in [5, 5.41) is -0.196. The Kier molecular flexibility index (Phi) is 7.12. The van der Waals surface area contributed by atoms with Crippen molar-refractivity contribution in [3.63, 3.8) is 0 Å². The number of hydrogen-bond acceptors (Lipinski definition) is 5. The van der Waals surface area contributed by atoms with Crippen molar-refractivity contribution in [3.8, 4) is 5.75 Å². The largest absolute Gasteiger partial charge is 0.470 e. The molecule has 0 aliphatic heterocycles. The van der Waals surface area contributed by atoms with Crippen molar-refractivity contribution in [1.29, 1.82) is 0 Å². The van der Waals surface area contributed by atoms with Gasteiger partial charge in [0.1, 0.15) is 12.4 Å². The lowest BCUT2D eigenvalue weighted by molar-refractivity contribution is -0.148. The third-order valence-electron chi connectivity index (χ3n) is 2.76. The summed E-state index contributed by atoms with van der Waals surface area (Å²) in [6.07, 6.45) is 0. The zero-order valence-electron chi connectivity index (χ0n) is 12.1. The summed E-state index contributed by atoms with van der Waals surface area (Å²) in [4.78, 5) is 23.5. The van der Waals surface area contributed by atoms with Crippen LogP contribution in [0.4, 0.5) is 0 Å². The second-order valence-corrected chi connectivity index (χ2v) is 6.80. The molecule has 1 atom stereocenters. The molecule has 8 heteroatoms. The topological polar surface area (TPSA) is 78.6 Å². The number of halogens is 3. The Morgan fingerprint density at radius 2 is 2.00 bits per heavy atom. The molecule has 0 aliphatic carbocycles. The first kappa shape index (κ1) is 19.2. The van der Waals surface area contributed by atoms with E-state index >= 15 is 0 Å². The molecule has 1 aromatic carbocycles. The van der Waals surface area contributed by atoms with Crippen LogP contribution in [-0.2, 0) is 14.3 Å². The molecule has 0 radical (unpaired) electrons. The molecule has 122 valence electrons. The van der Waals surface area contributed by atoms with Crippen LogP contribution in [0.2, 0.25) is 10.0 Å². The van der Waals surface area contributed by atoms with Gasteiger partial charge in [0.05, 0.1) is 17.0 Å². The molecular weight excluding hydrogens is 397 g/mol. The second kappa shape index (κ2) is 8.15. The van der Waals surface area contributed by atoms with Crippen LogP contribution < -0.4 is 10.5 Å². The summed E-state index contributed by atoms with van der Waals surface area (Å²) in [5.74, 6) is -0.562. The Hall–Kier alpha value is -0.820. The van der Waals surface area contributed by atoms with Crippen LogP contribution in [0.5, 0.6) is 5.75 Å². The van der Waals surface area contributed by atoms with E-state index in [2.05, 4.69) is 15.9 Å². The molecule has 0 aliphatic rings. The van der Waals surface area contributed by atoms with Gasteiger partial charge in [0.2, 0.25) is 5.01 Å². The molecular formula is C14H16BrCl2NO4. The van der Waals surface area contributed by atoms with Gasteiger partial charge in [-0.15, -0.1) is 0 Å². The number of Topliss-reactive ketones (excluding diaryl/α,β-unsaturated/α-hetero) is 1. The van der Waals surface area contributed by atoms with Gasteiger partial charge in [-0.3, -0.25) is 9.59 Å². The number of carbonyl (C=O) groups excluding carboxylic acids is 2. The van der Waals surface area contributed by atoms with E-state index in [1.807, 2.05) is 0 Å². The number of benzene rings is 1. The summed E-state index contributed by atoms with van der Waals surface area (Å²) in [6, 6.07) is 4.67. The zero-order chi connectivity index (χ0) is 16.9. The third-order valence-corrected chi connectivity index (χ3v) is 3.89. The van der Waals surface area contributed by atoms with Crippen molar-refractivity contribution in [2.24, 2.45) is 11.1 Å². The van der Waals surface area contributed by atoms with E-state index in [9.17, 15) is 9.59 Å². The number of ether oxygens (including phenoxy) is 2. The van der Waals surface area contributed by atoms with Gasteiger partial charge in [0.15, 0.2) is 5.78 Å². The molecule has 0 heterocycles. The molecule has 0 bridgehead atoms. The van der Waals surface area contributed by atoms with Gasteiger partial charge < -0.3 is 15.2 Å². The second-order valence-electron chi connectivity index (χ2n) is 5.12. The molecule has 0 saturated carbocycles. The number of carbonyl (C=O) groups is 2. The number of hydrogen-bond donors (Lipinski definition) is 1. The van der Waals surface area contributed by atoms with E-state index in [1.54, 1.807) is 26.0 Å². The Bertz CT molecular complexity index is 566. The molecule has 0 aromatic heterocycles. The van der Waals surface area contributed by atoms with Gasteiger partial charge in [-0.25, -0.2) is 0 Å². The highest BCUT2D eigenvalue weighted by molar-refractivity contribution is 9.09. The molecule has 0 saturated heterocycles. The Balaban J connectivity index is 2.72. The van der Waals surface area contributed by atoms with Crippen molar-refractivity contribution in [2.45, 2.75) is 18.9 Å². The summed E-state index contributed by atoms with van der Waals surface area (Å²) >= 11 is 14.9. The van der Waals surface area contributed by atoms with E-state index < -0.39 is 16.4 Å². The summed E-state index contributed by atoms with van der Waals surface area (Å²) in [5.41, 5.74) is 4.20. The maximum atomic E-state index is 12.4. The molecule has 1 aromatic rings. The van der Waals surface area contributed by atoms with E-state index in [-0.39, 0.29) is 24.0 Å². The first-order valence-electron chi connectivity index (χ1n) is 6.33. The quantitative estimate of drug-likeness (QED) is 0.549. The molecule has 0 fully saturated rings. The lowest BCUT2D eigenvalue weighted by Gasteiger charge is -2.25. The van der Waals surface area contributed by atoms with Crippen molar-refractivity contribution >= 4 is 50.9 Å². The van der Waals surface area contributed by atoms with Gasteiger partial charge in [0, 0.05) is 5.02 Å². The highest BCUT2D eigenvalue weighted by Crippen LogP contribution is 2.31. The molecule has 2 N–H and O–H groups in total. The van der Waals surface area contributed by atoms with Crippen molar-refractivity contribution in [3.05, 3.63) is 28.2 Å². The Labute approximate surface area is 147 Å². The SMILES string of the molecule is CC(C)(COC(=O)CN)C(=O)C(Br)Oc1ccc(Cl)cc1Cl. The number of ketones is 1. The lowest BCUT2D eigenvalue weighted by Crippen LogP contribution is -2.39. The Morgan fingerprint density at radius 3 is 2.55 bits per heavy atom. The zero-order valence-corrected chi connectivity index (χ0v) is 15.2. The molecule has 1 unspecified atom stereocenters. The average Bonchev–Trinajstić information content (AvgIpc) is 2.46. The van der Waals surface area contributed by atoms with Gasteiger partial charge in [0.25, 0.3) is 0 Å².